The Balaban J connectivity index is 1.75. The van der Waals surface area contributed by atoms with Crippen LogP contribution in [0.4, 0.5) is 0 Å². The zero-order valence-electron chi connectivity index (χ0n) is 11.3. The fraction of sp³-hybridized carbons (Fsp3) is 0.923. The molecule has 0 spiro atoms. The molecular formula is C13H25N3O2. The SMILES string of the molecule is CN1CCC(CCN2CCNCC2C(=O)O)CC1. The first-order valence-electron chi connectivity index (χ1n) is 7.03. The zero-order valence-corrected chi connectivity index (χ0v) is 11.3. The molecule has 18 heavy (non-hydrogen) atoms. The van der Waals surface area contributed by atoms with Crippen LogP contribution in [0.1, 0.15) is 19.3 Å². The molecule has 1 unspecified atom stereocenters. The summed E-state index contributed by atoms with van der Waals surface area (Å²) in [6, 6.07) is -0.329. The number of carboxylic acids is 1. The lowest BCUT2D eigenvalue weighted by atomic mass is 9.93. The highest BCUT2D eigenvalue weighted by atomic mass is 16.4. The van der Waals surface area contributed by atoms with E-state index in [1.54, 1.807) is 0 Å². The molecular weight excluding hydrogens is 230 g/mol. The Labute approximate surface area is 109 Å². The predicted molar refractivity (Wildman–Crippen MR) is 70.7 cm³/mol. The smallest absolute Gasteiger partial charge is 0.322 e. The van der Waals surface area contributed by atoms with Crippen molar-refractivity contribution in [1.82, 2.24) is 15.1 Å². The summed E-state index contributed by atoms with van der Waals surface area (Å²) < 4.78 is 0. The Hall–Kier alpha value is -0.650. The van der Waals surface area contributed by atoms with E-state index in [2.05, 4.69) is 22.2 Å². The number of aliphatic carboxylic acids is 1. The van der Waals surface area contributed by atoms with E-state index in [0.29, 0.717) is 6.54 Å². The van der Waals surface area contributed by atoms with Crippen molar-refractivity contribution in [3.63, 3.8) is 0 Å². The number of rotatable bonds is 4. The number of hydrogen-bond acceptors (Lipinski definition) is 4. The van der Waals surface area contributed by atoms with Gasteiger partial charge in [-0.1, -0.05) is 0 Å². The van der Waals surface area contributed by atoms with Crippen molar-refractivity contribution in [2.75, 3.05) is 46.3 Å². The van der Waals surface area contributed by atoms with Gasteiger partial charge in [-0.25, -0.2) is 0 Å². The van der Waals surface area contributed by atoms with E-state index in [1.807, 2.05) is 0 Å². The van der Waals surface area contributed by atoms with Crippen LogP contribution in [-0.4, -0.2) is 73.2 Å². The van der Waals surface area contributed by atoms with Crippen LogP contribution in [0.15, 0.2) is 0 Å². The molecule has 0 saturated carbocycles. The van der Waals surface area contributed by atoms with Gasteiger partial charge in [0.2, 0.25) is 0 Å². The third-order valence-corrected chi connectivity index (χ3v) is 4.30. The molecule has 104 valence electrons. The van der Waals surface area contributed by atoms with Gasteiger partial charge in [0.1, 0.15) is 6.04 Å². The average Bonchev–Trinajstić information content (AvgIpc) is 2.38. The summed E-state index contributed by atoms with van der Waals surface area (Å²) in [7, 11) is 2.17. The minimum Gasteiger partial charge on any atom is -0.480 e. The van der Waals surface area contributed by atoms with Gasteiger partial charge in [-0.3, -0.25) is 9.69 Å². The van der Waals surface area contributed by atoms with Gasteiger partial charge in [-0.15, -0.1) is 0 Å². The van der Waals surface area contributed by atoms with Crippen LogP contribution in [0.25, 0.3) is 0 Å². The van der Waals surface area contributed by atoms with Gasteiger partial charge >= 0.3 is 5.97 Å². The van der Waals surface area contributed by atoms with Crippen LogP contribution in [0.2, 0.25) is 0 Å². The van der Waals surface area contributed by atoms with E-state index in [-0.39, 0.29) is 6.04 Å². The lowest BCUT2D eigenvalue weighted by Gasteiger charge is -2.35. The first-order valence-corrected chi connectivity index (χ1v) is 7.03. The molecule has 0 aromatic carbocycles. The summed E-state index contributed by atoms with van der Waals surface area (Å²) >= 11 is 0. The quantitative estimate of drug-likeness (QED) is 0.745. The molecule has 1 atom stereocenters. The number of carbonyl (C=O) groups is 1. The Morgan fingerprint density at radius 3 is 2.72 bits per heavy atom. The van der Waals surface area contributed by atoms with Crippen molar-refractivity contribution in [1.29, 1.82) is 0 Å². The van der Waals surface area contributed by atoms with Gasteiger partial charge in [0, 0.05) is 19.6 Å². The van der Waals surface area contributed by atoms with Gasteiger partial charge in [-0.2, -0.15) is 0 Å². The Bertz CT molecular complexity index is 277. The van der Waals surface area contributed by atoms with E-state index in [1.165, 1.54) is 25.9 Å². The largest absolute Gasteiger partial charge is 0.480 e. The lowest BCUT2D eigenvalue weighted by molar-refractivity contribution is -0.144. The molecule has 5 heteroatoms. The highest BCUT2D eigenvalue weighted by Gasteiger charge is 2.28. The standard InChI is InChI=1S/C13H25N3O2/c1-15-6-2-11(3-7-15)4-8-16-9-5-14-10-12(16)13(17)18/h11-12,14H,2-10H2,1H3,(H,17,18). The monoisotopic (exact) mass is 255 g/mol. The number of likely N-dealkylation sites (tertiary alicyclic amines) is 1. The third kappa shape index (κ3) is 3.67. The summed E-state index contributed by atoms with van der Waals surface area (Å²) in [6.07, 6.45) is 3.68. The van der Waals surface area contributed by atoms with Crippen LogP contribution in [0.5, 0.6) is 0 Å². The fourth-order valence-electron chi connectivity index (χ4n) is 2.96. The maximum Gasteiger partial charge on any atom is 0.322 e. The van der Waals surface area contributed by atoms with E-state index >= 15 is 0 Å². The number of piperazine rings is 1. The second kappa shape index (κ2) is 6.50. The minimum atomic E-state index is -0.689. The normalized spacial score (nSPS) is 28.4. The van der Waals surface area contributed by atoms with Gasteiger partial charge in [0.25, 0.3) is 0 Å². The Morgan fingerprint density at radius 2 is 2.06 bits per heavy atom. The number of nitrogens with one attached hydrogen (secondary N) is 1. The molecule has 2 rings (SSSR count). The summed E-state index contributed by atoms with van der Waals surface area (Å²) in [5.74, 6) is 0.0936. The van der Waals surface area contributed by atoms with E-state index in [9.17, 15) is 9.90 Å². The van der Waals surface area contributed by atoms with Crippen LogP contribution in [0.3, 0.4) is 0 Å². The van der Waals surface area contributed by atoms with Crippen LogP contribution in [-0.2, 0) is 4.79 Å². The van der Waals surface area contributed by atoms with Crippen LogP contribution >= 0.6 is 0 Å². The number of nitrogens with zero attached hydrogens (tertiary/aromatic N) is 2. The molecule has 0 radical (unpaired) electrons. The number of carboxylic acid groups (broad SMARTS) is 1. The van der Waals surface area contributed by atoms with Gasteiger partial charge in [-0.05, 0) is 51.9 Å². The highest BCUT2D eigenvalue weighted by molar-refractivity contribution is 5.73. The summed E-state index contributed by atoms with van der Waals surface area (Å²) in [5, 5.41) is 12.4. The van der Waals surface area contributed by atoms with E-state index < -0.39 is 5.97 Å². The first kappa shape index (κ1) is 13.8. The number of hydrogen-bond donors (Lipinski definition) is 2. The topological polar surface area (TPSA) is 55.8 Å². The molecule has 2 aliphatic rings. The molecule has 2 heterocycles. The molecule has 0 aliphatic carbocycles. The summed E-state index contributed by atoms with van der Waals surface area (Å²) in [5.41, 5.74) is 0. The molecule has 2 N–H and O–H groups in total. The second-order valence-electron chi connectivity index (χ2n) is 5.63. The maximum atomic E-state index is 11.2. The van der Waals surface area contributed by atoms with Crippen molar-refractivity contribution >= 4 is 5.97 Å². The summed E-state index contributed by atoms with van der Waals surface area (Å²) in [4.78, 5) is 15.7. The lowest BCUT2D eigenvalue weighted by Crippen LogP contribution is -2.55. The van der Waals surface area contributed by atoms with E-state index in [0.717, 1.165) is 32.0 Å². The van der Waals surface area contributed by atoms with Gasteiger partial charge in [0.15, 0.2) is 0 Å². The maximum absolute atomic E-state index is 11.2. The van der Waals surface area contributed by atoms with Crippen LogP contribution in [0, 0.1) is 5.92 Å². The fourth-order valence-corrected chi connectivity index (χ4v) is 2.96. The minimum absolute atomic E-state index is 0.329. The van der Waals surface area contributed by atoms with Crippen molar-refractivity contribution in [3.8, 4) is 0 Å². The molecule has 2 aliphatic heterocycles. The third-order valence-electron chi connectivity index (χ3n) is 4.30. The molecule has 0 bridgehead atoms. The number of piperidine rings is 1. The molecule has 0 aromatic heterocycles. The first-order chi connectivity index (χ1) is 8.66. The molecule has 0 amide bonds. The van der Waals surface area contributed by atoms with E-state index in [4.69, 9.17) is 0 Å². The molecule has 2 fully saturated rings. The Morgan fingerprint density at radius 1 is 1.33 bits per heavy atom. The highest BCUT2D eigenvalue weighted by Crippen LogP contribution is 2.20. The average molecular weight is 255 g/mol. The molecule has 5 nitrogen and oxygen atoms in total. The Kier molecular flexibility index (Phi) is 4.97. The zero-order chi connectivity index (χ0) is 13.0. The molecule has 2 saturated heterocycles. The molecule has 0 aromatic rings. The summed E-state index contributed by atoms with van der Waals surface area (Å²) in [6.45, 7) is 5.68. The van der Waals surface area contributed by atoms with Crippen molar-refractivity contribution in [3.05, 3.63) is 0 Å². The van der Waals surface area contributed by atoms with Gasteiger partial charge in [0.05, 0.1) is 0 Å². The van der Waals surface area contributed by atoms with Crippen LogP contribution < -0.4 is 5.32 Å². The van der Waals surface area contributed by atoms with Crippen molar-refractivity contribution < 1.29 is 9.90 Å². The van der Waals surface area contributed by atoms with Crippen molar-refractivity contribution in [2.45, 2.75) is 25.3 Å². The van der Waals surface area contributed by atoms with Crippen molar-refractivity contribution in [2.24, 2.45) is 5.92 Å². The van der Waals surface area contributed by atoms with Gasteiger partial charge < -0.3 is 15.3 Å². The predicted octanol–water partition coefficient (Wildman–Crippen LogP) is 0.0767. The second-order valence-corrected chi connectivity index (χ2v) is 5.63.